The first-order valence-electron chi connectivity index (χ1n) is 13.1. The number of nitrogens with zero attached hydrogens (tertiary/aromatic N) is 2. The lowest BCUT2D eigenvalue weighted by molar-refractivity contribution is -0.150. The summed E-state index contributed by atoms with van der Waals surface area (Å²) in [6.45, 7) is -0.0715. The Labute approximate surface area is 216 Å². The van der Waals surface area contributed by atoms with E-state index in [-0.39, 0.29) is 31.5 Å². The molecule has 9 nitrogen and oxygen atoms in total. The van der Waals surface area contributed by atoms with Gasteiger partial charge in [0.1, 0.15) is 36.2 Å². The maximum Gasteiger partial charge on any atom is 0.407 e. The Morgan fingerprint density at radius 2 is 1.97 bits per heavy atom. The monoisotopic (exact) mass is 507 g/mol. The number of para-hydroxylation sites is 1. The zero-order chi connectivity index (χ0) is 25.8. The number of ether oxygens (including phenoxy) is 3. The van der Waals surface area contributed by atoms with Gasteiger partial charge in [0.15, 0.2) is 0 Å². The summed E-state index contributed by atoms with van der Waals surface area (Å²) in [5.74, 6) is 0.0174. The second kappa shape index (κ2) is 11.2. The average Bonchev–Trinajstić information content (AvgIpc) is 3.53. The first-order chi connectivity index (χ1) is 18.0. The number of fused-ring (bicyclic) bond motifs is 5. The van der Waals surface area contributed by atoms with Crippen LogP contribution in [-0.4, -0.2) is 66.3 Å². The predicted molar refractivity (Wildman–Crippen MR) is 137 cm³/mol. The minimum atomic E-state index is -0.797. The fourth-order valence-corrected chi connectivity index (χ4v) is 5.63. The first kappa shape index (κ1) is 25.0. The summed E-state index contributed by atoms with van der Waals surface area (Å²) in [5.41, 5.74) is 1.59. The molecule has 1 aromatic heterocycles. The number of carbonyl (C=O) groups excluding carboxylic acids is 3. The number of nitrogens with one attached hydrogen (secondary N) is 1. The van der Waals surface area contributed by atoms with Crippen LogP contribution in [0.5, 0.6) is 5.75 Å². The summed E-state index contributed by atoms with van der Waals surface area (Å²) < 4.78 is 17.0. The minimum Gasteiger partial charge on any atom is -0.486 e. The summed E-state index contributed by atoms with van der Waals surface area (Å²) in [6.07, 6.45) is 8.89. The SMILES string of the molecule is COC(=O)[C@@H]1C[C@@H]2CN1C(=O)CNC(=O)O[C@@H]1CCC[C@H]1CCC/C=C/c1nc3ccccc3cc1O2. The van der Waals surface area contributed by atoms with Crippen LogP contribution in [0.3, 0.4) is 0 Å². The second-order valence-electron chi connectivity index (χ2n) is 9.95. The van der Waals surface area contributed by atoms with E-state index in [2.05, 4.69) is 11.4 Å². The highest BCUT2D eigenvalue weighted by Gasteiger charge is 2.42. The Balaban J connectivity index is 1.44. The molecule has 5 rings (SSSR count). The Kier molecular flexibility index (Phi) is 7.58. The van der Waals surface area contributed by atoms with Gasteiger partial charge in [-0.05, 0) is 62.7 Å². The van der Waals surface area contributed by atoms with Crippen LogP contribution in [0.4, 0.5) is 4.79 Å². The molecule has 1 aliphatic carbocycles. The smallest absolute Gasteiger partial charge is 0.407 e. The summed E-state index contributed by atoms with van der Waals surface area (Å²) >= 11 is 0. The van der Waals surface area contributed by atoms with Crippen LogP contribution < -0.4 is 10.1 Å². The van der Waals surface area contributed by atoms with E-state index in [1.807, 2.05) is 36.4 Å². The molecule has 9 heteroatoms. The number of amides is 2. The van der Waals surface area contributed by atoms with Gasteiger partial charge in [-0.1, -0.05) is 24.3 Å². The number of rotatable bonds is 1. The number of benzene rings is 1. The Morgan fingerprint density at radius 3 is 2.84 bits per heavy atom. The van der Waals surface area contributed by atoms with E-state index in [1.54, 1.807) is 0 Å². The van der Waals surface area contributed by atoms with Crippen LogP contribution in [0.2, 0.25) is 0 Å². The van der Waals surface area contributed by atoms with Crippen molar-refractivity contribution in [1.82, 2.24) is 15.2 Å². The van der Waals surface area contributed by atoms with Gasteiger partial charge in [-0.3, -0.25) is 4.79 Å². The van der Waals surface area contributed by atoms with E-state index in [0.717, 1.165) is 49.4 Å². The van der Waals surface area contributed by atoms with Gasteiger partial charge in [0.05, 0.1) is 19.2 Å². The van der Waals surface area contributed by atoms with Crippen molar-refractivity contribution >= 4 is 34.9 Å². The minimum absolute atomic E-state index is 0.140. The number of esters is 1. The summed E-state index contributed by atoms with van der Waals surface area (Å²) in [5, 5.41) is 3.53. The average molecular weight is 508 g/mol. The standard InChI is InChI=1S/C28H33N3O6/c1-35-27(33)23-15-20-17-31(23)26(32)16-29-28(34)37-24-13-7-10-18(24)8-3-2-4-12-22-25(36-20)14-19-9-5-6-11-21(19)30-22/h4-6,9,11-12,14,18,20,23-24H,2-3,7-8,10,13,15-17H2,1H3,(H,29,34)/b12-4+/t18-,20-,23+,24-/m1/s1. The topological polar surface area (TPSA) is 107 Å². The van der Waals surface area contributed by atoms with Gasteiger partial charge in [0.25, 0.3) is 0 Å². The second-order valence-corrected chi connectivity index (χ2v) is 9.95. The largest absolute Gasteiger partial charge is 0.486 e. The molecule has 2 aliphatic heterocycles. The molecule has 37 heavy (non-hydrogen) atoms. The third kappa shape index (κ3) is 5.70. The van der Waals surface area contributed by atoms with Crippen molar-refractivity contribution in [2.75, 3.05) is 20.2 Å². The predicted octanol–water partition coefficient (Wildman–Crippen LogP) is 3.85. The molecule has 0 unspecified atom stereocenters. The van der Waals surface area contributed by atoms with Crippen molar-refractivity contribution in [3.05, 3.63) is 42.1 Å². The van der Waals surface area contributed by atoms with Crippen molar-refractivity contribution in [1.29, 1.82) is 0 Å². The number of alkyl carbamates (subject to hydrolysis) is 1. The third-order valence-corrected chi connectivity index (χ3v) is 7.52. The number of methoxy groups -OCH3 is 1. The van der Waals surface area contributed by atoms with Gasteiger partial charge in [0, 0.05) is 11.8 Å². The van der Waals surface area contributed by atoms with Crippen molar-refractivity contribution in [3.63, 3.8) is 0 Å². The van der Waals surface area contributed by atoms with E-state index >= 15 is 0 Å². The third-order valence-electron chi connectivity index (χ3n) is 7.52. The number of hydrogen-bond donors (Lipinski definition) is 1. The zero-order valence-corrected chi connectivity index (χ0v) is 21.1. The quantitative estimate of drug-likeness (QED) is 0.585. The Bertz CT molecular complexity index is 1200. The molecule has 1 aromatic carbocycles. The maximum atomic E-state index is 13.1. The van der Waals surface area contributed by atoms with Crippen LogP contribution >= 0.6 is 0 Å². The fraction of sp³-hybridized carbons (Fsp3) is 0.500. The van der Waals surface area contributed by atoms with Crippen LogP contribution in [0.25, 0.3) is 17.0 Å². The number of aromatic nitrogens is 1. The zero-order valence-electron chi connectivity index (χ0n) is 21.1. The molecule has 1 saturated carbocycles. The number of pyridine rings is 1. The van der Waals surface area contributed by atoms with Crippen molar-refractivity contribution < 1.29 is 28.6 Å². The lowest BCUT2D eigenvalue weighted by Gasteiger charge is -2.23. The first-order valence-corrected chi connectivity index (χ1v) is 13.1. The summed E-state index contributed by atoms with van der Waals surface area (Å²) in [4.78, 5) is 44.3. The molecule has 0 radical (unpaired) electrons. The van der Waals surface area contributed by atoms with Crippen LogP contribution in [0.15, 0.2) is 36.4 Å². The molecule has 2 amide bonds. The maximum absolute atomic E-state index is 13.1. The van der Waals surface area contributed by atoms with Crippen molar-refractivity contribution in [3.8, 4) is 5.75 Å². The number of hydrogen-bond acceptors (Lipinski definition) is 7. The van der Waals surface area contributed by atoms with Gasteiger partial charge in [-0.25, -0.2) is 14.6 Å². The van der Waals surface area contributed by atoms with E-state index in [1.165, 1.54) is 12.0 Å². The molecule has 1 N–H and O–H groups in total. The van der Waals surface area contributed by atoms with Crippen molar-refractivity contribution in [2.24, 2.45) is 5.92 Å². The number of carbonyl (C=O) groups is 3. The van der Waals surface area contributed by atoms with E-state index in [0.29, 0.717) is 17.4 Å². The summed E-state index contributed by atoms with van der Waals surface area (Å²) in [6, 6.07) is 9.00. The Morgan fingerprint density at radius 1 is 1.14 bits per heavy atom. The molecule has 0 spiro atoms. The molecular formula is C28H33N3O6. The lowest BCUT2D eigenvalue weighted by Crippen LogP contribution is -2.46. The van der Waals surface area contributed by atoms with Gasteiger partial charge in [-0.2, -0.15) is 0 Å². The van der Waals surface area contributed by atoms with E-state index in [4.69, 9.17) is 19.2 Å². The molecule has 3 heterocycles. The molecule has 3 aliphatic rings. The van der Waals surface area contributed by atoms with Gasteiger partial charge in [-0.15, -0.1) is 0 Å². The molecule has 2 aromatic rings. The lowest BCUT2D eigenvalue weighted by atomic mass is 9.98. The summed E-state index contributed by atoms with van der Waals surface area (Å²) in [7, 11) is 1.30. The molecule has 4 atom stereocenters. The van der Waals surface area contributed by atoms with E-state index < -0.39 is 24.2 Å². The molecule has 1 saturated heterocycles. The molecule has 2 bridgehead atoms. The van der Waals surface area contributed by atoms with Gasteiger partial charge in [0.2, 0.25) is 5.91 Å². The van der Waals surface area contributed by atoms with Gasteiger partial charge >= 0.3 is 12.1 Å². The fourth-order valence-electron chi connectivity index (χ4n) is 5.63. The molecule has 2 fully saturated rings. The van der Waals surface area contributed by atoms with Crippen LogP contribution in [-0.2, 0) is 19.1 Å². The highest BCUT2D eigenvalue weighted by Crippen LogP contribution is 2.33. The van der Waals surface area contributed by atoms with Crippen LogP contribution in [0, 0.1) is 5.92 Å². The normalized spacial score (nSPS) is 27.6. The van der Waals surface area contributed by atoms with Gasteiger partial charge < -0.3 is 24.4 Å². The van der Waals surface area contributed by atoms with Crippen LogP contribution in [0.1, 0.15) is 50.6 Å². The van der Waals surface area contributed by atoms with E-state index in [9.17, 15) is 14.4 Å². The van der Waals surface area contributed by atoms with Crippen molar-refractivity contribution in [2.45, 2.75) is 63.2 Å². The Hall–Kier alpha value is -3.62. The molecule has 196 valence electrons. The molecular weight excluding hydrogens is 474 g/mol. The highest BCUT2D eigenvalue weighted by molar-refractivity contribution is 5.88. The highest BCUT2D eigenvalue weighted by atomic mass is 16.6. The number of allylic oxidation sites excluding steroid dienone is 1.